The monoisotopic (exact) mass is 675 g/mol. The number of amides is 4. The number of rotatable bonds is 16. The number of phenols is 1. The van der Waals surface area contributed by atoms with Crippen molar-refractivity contribution in [2.24, 2.45) is 11.8 Å². The quantitative estimate of drug-likeness (QED) is 0.113. The Morgan fingerprint density at radius 3 is 1.98 bits per heavy atom. The zero-order chi connectivity index (χ0) is 36.4. The van der Waals surface area contributed by atoms with Crippen molar-refractivity contribution < 1.29 is 34.2 Å². The highest BCUT2D eigenvalue weighted by Crippen LogP contribution is 2.22. The van der Waals surface area contributed by atoms with E-state index in [2.05, 4.69) is 26.3 Å². The van der Waals surface area contributed by atoms with E-state index >= 15 is 0 Å². The standard InChI is InChI=1S/C37H49N5O7/c1-20(2)12-14-25-16-24(13-15-31(25)44)17-29(39-23(7)43)34(45)40-30(18-26-19-38-28-11-9-8-10-27(26)28)35(46)41-32(21(3)4)36(47)42-33(22(5)6)37(48)49/h8-13,15-16,19,21-22,29-30,32-33,38,44H,14,17-18H2,1-7H3,(H,39,43)(H,40,45)(H,41,46)(H,42,47)(H,48,49). The molecule has 1 aromatic heterocycles. The van der Waals surface area contributed by atoms with Crippen LogP contribution < -0.4 is 21.3 Å². The van der Waals surface area contributed by atoms with Gasteiger partial charge in [-0.15, -0.1) is 0 Å². The van der Waals surface area contributed by atoms with E-state index in [9.17, 15) is 34.2 Å². The SMILES string of the molecule is CC(=O)NC(Cc1ccc(O)c(CC=C(C)C)c1)C(=O)NC(Cc1c[nH]c2ccccc12)C(=O)NC(C(=O)NC(C(=O)O)C(C)C)C(C)C. The third-order valence-electron chi connectivity index (χ3n) is 8.22. The van der Waals surface area contributed by atoms with Gasteiger partial charge in [0, 0.05) is 36.9 Å². The number of para-hydroxylation sites is 1. The van der Waals surface area contributed by atoms with E-state index in [4.69, 9.17) is 0 Å². The average molecular weight is 676 g/mol. The highest BCUT2D eigenvalue weighted by molar-refractivity contribution is 5.96. The van der Waals surface area contributed by atoms with Crippen LogP contribution in [0, 0.1) is 11.8 Å². The summed E-state index contributed by atoms with van der Waals surface area (Å²) in [5.41, 5.74) is 4.02. The number of aromatic hydroxyl groups is 1. The van der Waals surface area contributed by atoms with Crippen LogP contribution in [0.3, 0.4) is 0 Å². The second-order valence-electron chi connectivity index (χ2n) is 13.3. The summed E-state index contributed by atoms with van der Waals surface area (Å²) in [6.07, 6.45) is 4.34. The van der Waals surface area contributed by atoms with Crippen LogP contribution in [-0.4, -0.2) is 69.0 Å². The van der Waals surface area contributed by atoms with Crippen molar-refractivity contribution >= 4 is 40.5 Å². The molecule has 0 aliphatic heterocycles. The third-order valence-corrected chi connectivity index (χ3v) is 8.22. The number of phenolic OH excluding ortho intramolecular Hbond substituents is 1. The first-order valence-electron chi connectivity index (χ1n) is 16.5. The van der Waals surface area contributed by atoms with E-state index in [1.54, 1.807) is 52.1 Å². The maximum Gasteiger partial charge on any atom is 0.326 e. The minimum absolute atomic E-state index is 0.0522. The van der Waals surface area contributed by atoms with Crippen molar-refractivity contribution in [3.63, 3.8) is 0 Å². The molecule has 1 heterocycles. The van der Waals surface area contributed by atoms with Crippen molar-refractivity contribution in [2.75, 3.05) is 0 Å². The Morgan fingerprint density at radius 1 is 0.755 bits per heavy atom. The second kappa shape index (κ2) is 17.3. The number of benzene rings is 2. The molecule has 0 saturated heterocycles. The van der Waals surface area contributed by atoms with Gasteiger partial charge in [0.25, 0.3) is 0 Å². The minimum Gasteiger partial charge on any atom is -0.508 e. The van der Waals surface area contributed by atoms with Crippen molar-refractivity contribution in [3.05, 3.63) is 77.0 Å². The van der Waals surface area contributed by atoms with Gasteiger partial charge in [0.15, 0.2) is 0 Å². The molecule has 264 valence electrons. The number of carbonyl (C=O) groups excluding carboxylic acids is 4. The van der Waals surface area contributed by atoms with Crippen molar-refractivity contribution in [2.45, 2.75) is 91.9 Å². The third kappa shape index (κ3) is 10.9. The van der Waals surface area contributed by atoms with Crippen molar-refractivity contribution in [1.29, 1.82) is 0 Å². The van der Waals surface area contributed by atoms with Gasteiger partial charge in [0.05, 0.1) is 0 Å². The molecule has 12 nitrogen and oxygen atoms in total. The fraction of sp³-hybridized carbons (Fsp3) is 0.432. The number of hydrogen-bond acceptors (Lipinski definition) is 6. The first-order valence-corrected chi connectivity index (χ1v) is 16.5. The van der Waals surface area contributed by atoms with Gasteiger partial charge >= 0.3 is 5.97 Å². The van der Waals surface area contributed by atoms with Crippen LogP contribution in [-0.2, 0) is 43.2 Å². The molecule has 0 bridgehead atoms. The molecule has 12 heteroatoms. The Bertz CT molecular complexity index is 1690. The van der Waals surface area contributed by atoms with Gasteiger partial charge in [-0.25, -0.2) is 4.79 Å². The Hall–Kier alpha value is -5.13. The summed E-state index contributed by atoms with van der Waals surface area (Å²) < 4.78 is 0. The summed E-state index contributed by atoms with van der Waals surface area (Å²) in [6, 6.07) is 8.00. The zero-order valence-electron chi connectivity index (χ0n) is 29.2. The fourth-order valence-corrected chi connectivity index (χ4v) is 5.48. The van der Waals surface area contributed by atoms with E-state index in [0.717, 1.165) is 22.0 Å². The molecule has 4 atom stereocenters. The molecule has 49 heavy (non-hydrogen) atoms. The van der Waals surface area contributed by atoms with Gasteiger partial charge in [-0.05, 0) is 60.9 Å². The minimum atomic E-state index is -1.19. The van der Waals surface area contributed by atoms with E-state index in [1.807, 2.05) is 44.2 Å². The molecule has 7 N–H and O–H groups in total. The molecule has 0 radical (unpaired) electrons. The number of H-pyrrole nitrogens is 1. The van der Waals surface area contributed by atoms with Crippen LogP contribution in [0.4, 0.5) is 0 Å². The summed E-state index contributed by atoms with van der Waals surface area (Å²) in [4.78, 5) is 68.3. The predicted molar refractivity (Wildman–Crippen MR) is 188 cm³/mol. The number of nitrogens with one attached hydrogen (secondary N) is 5. The molecular weight excluding hydrogens is 626 g/mol. The number of aliphatic carboxylic acids is 1. The molecule has 3 aromatic rings. The Morgan fingerprint density at radius 2 is 1.37 bits per heavy atom. The molecule has 4 unspecified atom stereocenters. The maximum atomic E-state index is 14.0. The summed E-state index contributed by atoms with van der Waals surface area (Å²) in [6.45, 7) is 12.0. The van der Waals surface area contributed by atoms with E-state index in [0.29, 0.717) is 17.5 Å². The molecule has 2 aromatic carbocycles. The number of carboxylic acids is 1. The lowest BCUT2D eigenvalue weighted by atomic mass is 9.98. The molecule has 0 fully saturated rings. The number of carboxylic acid groups (broad SMARTS) is 1. The molecule has 0 aliphatic rings. The normalized spacial score (nSPS) is 13.7. The highest BCUT2D eigenvalue weighted by atomic mass is 16.4. The van der Waals surface area contributed by atoms with Crippen LogP contribution in [0.2, 0.25) is 0 Å². The first-order chi connectivity index (χ1) is 23.1. The number of carbonyl (C=O) groups is 5. The Labute approximate surface area is 287 Å². The largest absolute Gasteiger partial charge is 0.508 e. The lowest BCUT2D eigenvalue weighted by Crippen LogP contribution is -2.59. The van der Waals surface area contributed by atoms with Crippen LogP contribution in [0.25, 0.3) is 10.9 Å². The first kappa shape index (κ1) is 38.3. The lowest BCUT2D eigenvalue weighted by molar-refractivity contribution is -0.143. The second-order valence-corrected chi connectivity index (χ2v) is 13.3. The molecule has 0 saturated carbocycles. The number of hydrogen-bond donors (Lipinski definition) is 7. The van der Waals surface area contributed by atoms with Crippen LogP contribution in [0.1, 0.15) is 65.2 Å². The number of aromatic nitrogens is 1. The number of allylic oxidation sites excluding steroid dienone is 2. The number of fused-ring (bicyclic) bond motifs is 1. The van der Waals surface area contributed by atoms with Gasteiger partial charge in [0.2, 0.25) is 23.6 Å². The van der Waals surface area contributed by atoms with Crippen LogP contribution in [0.15, 0.2) is 60.3 Å². The van der Waals surface area contributed by atoms with Gasteiger partial charge in [-0.2, -0.15) is 0 Å². The molecule has 0 spiro atoms. The van der Waals surface area contributed by atoms with E-state index in [1.165, 1.54) is 6.92 Å². The Kier molecular flexibility index (Phi) is 13.5. The molecular formula is C37H49N5O7. The van der Waals surface area contributed by atoms with Crippen LogP contribution >= 0.6 is 0 Å². The smallest absolute Gasteiger partial charge is 0.326 e. The molecule has 4 amide bonds. The van der Waals surface area contributed by atoms with Crippen molar-refractivity contribution in [3.8, 4) is 5.75 Å². The van der Waals surface area contributed by atoms with Gasteiger partial charge < -0.3 is 36.5 Å². The van der Waals surface area contributed by atoms with Gasteiger partial charge in [-0.3, -0.25) is 19.2 Å². The summed E-state index contributed by atoms with van der Waals surface area (Å²) in [5.74, 6) is -4.28. The van der Waals surface area contributed by atoms with Gasteiger partial charge in [-0.1, -0.05) is 69.7 Å². The maximum absolute atomic E-state index is 14.0. The van der Waals surface area contributed by atoms with E-state index < -0.39 is 65.6 Å². The number of aromatic amines is 1. The van der Waals surface area contributed by atoms with Crippen molar-refractivity contribution in [1.82, 2.24) is 26.3 Å². The summed E-state index contributed by atoms with van der Waals surface area (Å²) >= 11 is 0. The lowest BCUT2D eigenvalue weighted by Gasteiger charge is -2.28. The summed E-state index contributed by atoms with van der Waals surface area (Å²) in [7, 11) is 0. The summed E-state index contributed by atoms with van der Waals surface area (Å²) in [5, 5.41) is 31.6. The van der Waals surface area contributed by atoms with Gasteiger partial charge in [0.1, 0.15) is 29.9 Å². The molecule has 3 rings (SSSR count). The zero-order valence-corrected chi connectivity index (χ0v) is 29.2. The molecule has 0 aliphatic carbocycles. The topological polar surface area (TPSA) is 190 Å². The fourth-order valence-electron chi connectivity index (χ4n) is 5.48. The predicted octanol–water partition coefficient (Wildman–Crippen LogP) is 3.52. The van der Waals surface area contributed by atoms with E-state index in [-0.39, 0.29) is 18.6 Å². The Balaban J connectivity index is 1.93. The van der Waals surface area contributed by atoms with Crippen LogP contribution in [0.5, 0.6) is 5.75 Å². The average Bonchev–Trinajstić information content (AvgIpc) is 3.43. The highest BCUT2D eigenvalue weighted by Gasteiger charge is 2.33.